The average Bonchev–Trinajstić information content (AvgIpc) is 2.33. The van der Waals surface area contributed by atoms with E-state index in [4.69, 9.17) is 21.1 Å². The van der Waals surface area contributed by atoms with E-state index in [1.807, 2.05) is 13.8 Å². The molecule has 0 saturated heterocycles. The lowest BCUT2D eigenvalue weighted by Crippen LogP contribution is -2.03. The Hall–Kier alpha value is -1.29. The molecule has 0 fully saturated rings. The first kappa shape index (κ1) is 13.8. The Morgan fingerprint density at radius 3 is 2.00 bits per heavy atom. The van der Waals surface area contributed by atoms with Crippen LogP contribution in [0.25, 0.3) is 0 Å². The van der Waals surface area contributed by atoms with E-state index in [2.05, 4.69) is 4.98 Å². The third-order valence-electron chi connectivity index (χ3n) is 1.91. The summed E-state index contributed by atoms with van der Waals surface area (Å²) in [5, 5.41) is -0.546. The van der Waals surface area contributed by atoms with Crippen LogP contribution in [0.3, 0.4) is 0 Å². The van der Waals surface area contributed by atoms with E-state index < -0.39 is 5.24 Å². The molecule has 0 aromatic carbocycles. The number of hydrogen-bond donors (Lipinski definition) is 0. The highest BCUT2D eigenvalue weighted by atomic mass is 35.5. The fourth-order valence-corrected chi connectivity index (χ4v) is 1.26. The molecule has 0 amide bonds. The molecule has 0 aliphatic rings. The molecule has 5 heteroatoms. The van der Waals surface area contributed by atoms with E-state index in [-0.39, 0.29) is 0 Å². The number of carbonyl (C=O) groups is 1. The molecular formula is C12H16ClNO3. The second-order valence-electron chi connectivity index (χ2n) is 3.50. The summed E-state index contributed by atoms with van der Waals surface area (Å²) in [4.78, 5) is 15.3. The average molecular weight is 258 g/mol. The van der Waals surface area contributed by atoms with Gasteiger partial charge in [-0.15, -0.1) is 0 Å². The first-order valence-corrected chi connectivity index (χ1v) is 6.02. The van der Waals surface area contributed by atoms with Gasteiger partial charge in [0.05, 0.1) is 13.2 Å². The number of halogens is 1. The van der Waals surface area contributed by atoms with Crippen LogP contribution in [0.15, 0.2) is 12.1 Å². The van der Waals surface area contributed by atoms with Crippen molar-refractivity contribution in [3.05, 3.63) is 17.7 Å². The fraction of sp³-hybridized carbons (Fsp3) is 0.500. The quantitative estimate of drug-likeness (QED) is 0.705. The number of hydrogen-bond acceptors (Lipinski definition) is 4. The number of rotatable bonds is 7. The number of carbonyl (C=O) groups excluding carboxylic acids is 1. The molecular weight excluding hydrogens is 242 g/mol. The first-order valence-electron chi connectivity index (χ1n) is 5.64. The van der Waals surface area contributed by atoms with Crippen molar-refractivity contribution >= 4 is 16.8 Å². The largest absolute Gasteiger partial charge is 0.478 e. The van der Waals surface area contributed by atoms with Crippen molar-refractivity contribution in [2.45, 2.75) is 26.7 Å². The van der Waals surface area contributed by atoms with Crippen molar-refractivity contribution in [1.29, 1.82) is 0 Å². The van der Waals surface area contributed by atoms with Gasteiger partial charge in [-0.2, -0.15) is 4.98 Å². The molecule has 94 valence electrons. The number of nitrogens with zero attached hydrogens (tertiary/aromatic N) is 1. The second kappa shape index (κ2) is 7.12. The van der Waals surface area contributed by atoms with Gasteiger partial charge in [0.15, 0.2) is 0 Å². The van der Waals surface area contributed by atoms with Crippen LogP contribution in [0.1, 0.15) is 37.0 Å². The van der Waals surface area contributed by atoms with Gasteiger partial charge in [-0.3, -0.25) is 4.79 Å². The van der Waals surface area contributed by atoms with Crippen LogP contribution in [0.5, 0.6) is 11.8 Å². The molecule has 0 radical (unpaired) electrons. The Morgan fingerprint density at radius 2 is 1.65 bits per heavy atom. The van der Waals surface area contributed by atoms with Gasteiger partial charge >= 0.3 is 0 Å². The summed E-state index contributed by atoms with van der Waals surface area (Å²) in [7, 11) is 0. The first-order chi connectivity index (χ1) is 8.17. The Morgan fingerprint density at radius 1 is 1.18 bits per heavy atom. The maximum Gasteiger partial charge on any atom is 0.252 e. The lowest BCUT2D eigenvalue weighted by molar-refractivity contribution is 0.108. The molecule has 4 nitrogen and oxygen atoms in total. The topological polar surface area (TPSA) is 48.4 Å². The van der Waals surface area contributed by atoms with E-state index in [0.29, 0.717) is 30.5 Å². The summed E-state index contributed by atoms with van der Waals surface area (Å²) in [6.07, 6.45) is 1.73. The highest BCUT2D eigenvalue weighted by molar-refractivity contribution is 6.67. The Kier molecular flexibility index (Phi) is 5.77. The highest BCUT2D eigenvalue weighted by Crippen LogP contribution is 2.19. The van der Waals surface area contributed by atoms with Crippen LogP contribution >= 0.6 is 11.6 Å². The van der Waals surface area contributed by atoms with Gasteiger partial charge in [-0.1, -0.05) is 13.8 Å². The predicted octanol–water partition coefficient (Wildman–Crippen LogP) is 3.04. The molecule has 1 aromatic heterocycles. The monoisotopic (exact) mass is 257 g/mol. The van der Waals surface area contributed by atoms with Crippen molar-refractivity contribution < 1.29 is 14.3 Å². The van der Waals surface area contributed by atoms with Gasteiger partial charge < -0.3 is 9.47 Å². The summed E-state index contributed by atoms with van der Waals surface area (Å²) < 4.78 is 10.7. The molecule has 0 atom stereocenters. The fourth-order valence-electron chi connectivity index (χ4n) is 1.16. The zero-order valence-corrected chi connectivity index (χ0v) is 10.8. The zero-order chi connectivity index (χ0) is 12.7. The molecule has 1 aromatic rings. The van der Waals surface area contributed by atoms with Crippen molar-refractivity contribution in [1.82, 2.24) is 4.98 Å². The molecule has 0 aliphatic heterocycles. The van der Waals surface area contributed by atoms with Gasteiger partial charge in [0, 0.05) is 17.7 Å². The summed E-state index contributed by atoms with van der Waals surface area (Å²) in [5.74, 6) is 0.730. The van der Waals surface area contributed by atoms with Gasteiger partial charge in [0.2, 0.25) is 11.8 Å². The molecule has 0 unspecified atom stereocenters. The normalized spacial score (nSPS) is 10.1. The maximum absolute atomic E-state index is 11.1. The minimum absolute atomic E-state index is 0.332. The second-order valence-corrected chi connectivity index (χ2v) is 3.85. The summed E-state index contributed by atoms with van der Waals surface area (Å²) in [6, 6.07) is 3.04. The van der Waals surface area contributed by atoms with Crippen molar-refractivity contribution in [3.63, 3.8) is 0 Å². The lowest BCUT2D eigenvalue weighted by atomic mass is 10.3. The molecule has 0 N–H and O–H groups in total. The molecule has 0 aliphatic carbocycles. The third-order valence-corrected chi connectivity index (χ3v) is 2.13. The Labute approximate surface area is 106 Å². The van der Waals surface area contributed by atoms with Crippen molar-refractivity contribution in [2.24, 2.45) is 0 Å². The van der Waals surface area contributed by atoms with Crippen molar-refractivity contribution in [2.75, 3.05) is 13.2 Å². The Bertz CT molecular complexity index is 356. The van der Waals surface area contributed by atoms with E-state index >= 15 is 0 Å². The lowest BCUT2D eigenvalue weighted by Gasteiger charge is -2.08. The zero-order valence-electron chi connectivity index (χ0n) is 10.0. The van der Waals surface area contributed by atoms with Crippen LogP contribution in [0.2, 0.25) is 0 Å². The molecule has 0 saturated carbocycles. The minimum atomic E-state index is -0.546. The van der Waals surface area contributed by atoms with Crippen LogP contribution in [-0.4, -0.2) is 23.4 Å². The SMILES string of the molecule is CCCOc1cc(C(=O)Cl)cc(OCCC)n1. The van der Waals surface area contributed by atoms with Crippen molar-refractivity contribution in [3.8, 4) is 11.8 Å². The number of aromatic nitrogens is 1. The van der Waals surface area contributed by atoms with Gasteiger partial charge in [0.25, 0.3) is 5.24 Å². The number of pyridine rings is 1. The molecule has 1 rings (SSSR count). The minimum Gasteiger partial charge on any atom is -0.478 e. The van der Waals surface area contributed by atoms with Gasteiger partial charge in [-0.05, 0) is 24.4 Å². The summed E-state index contributed by atoms with van der Waals surface area (Å²) in [5.41, 5.74) is 0.332. The predicted molar refractivity (Wildman–Crippen MR) is 66.0 cm³/mol. The Balaban J connectivity index is 2.88. The van der Waals surface area contributed by atoms with E-state index in [1.165, 1.54) is 12.1 Å². The third kappa shape index (κ3) is 4.61. The highest BCUT2D eigenvalue weighted by Gasteiger charge is 2.09. The van der Waals surface area contributed by atoms with E-state index in [9.17, 15) is 4.79 Å². The van der Waals surface area contributed by atoms with Gasteiger partial charge in [-0.25, -0.2) is 0 Å². The molecule has 0 bridgehead atoms. The van der Waals surface area contributed by atoms with Crippen LogP contribution in [0, 0.1) is 0 Å². The van der Waals surface area contributed by atoms with Crippen LogP contribution < -0.4 is 9.47 Å². The number of ether oxygens (including phenoxy) is 2. The molecule has 0 spiro atoms. The summed E-state index contributed by atoms with van der Waals surface area (Å²) in [6.45, 7) is 5.07. The van der Waals surface area contributed by atoms with Gasteiger partial charge in [0.1, 0.15) is 0 Å². The van der Waals surface area contributed by atoms with Crippen LogP contribution in [-0.2, 0) is 0 Å². The molecule has 1 heterocycles. The smallest absolute Gasteiger partial charge is 0.252 e. The van der Waals surface area contributed by atoms with Crippen LogP contribution in [0.4, 0.5) is 0 Å². The molecule has 17 heavy (non-hydrogen) atoms. The van der Waals surface area contributed by atoms with E-state index in [0.717, 1.165) is 12.8 Å². The standard InChI is InChI=1S/C12H16ClNO3/c1-3-5-16-10-7-9(12(13)15)8-11(14-10)17-6-4-2/h7-8H,3-6H2,1-2H3. The summed E-state index contributed by atoms with van der Waals surface area (Å²) >= 11 is 5.44. The van der Waals surface area contributed by atoms with E-state index in [1.54, 1.807) is 0 Å². The maximum atomic E-state index is 11.1.